The van der Waals surface area contributed by atoms with Crippen molar-refractivity contribution < 1.29 is 19.4 Å². The van der Waals surface area contributed by atoms with E-state index in [-0.39, 0.29) is 12.0 Å². The lowest BCUT2D eigenvalue weighted by Gasteiger charge is -2.21. The maximum atomic E-state index is 12.1. The Morgan fingerprint density at radius 1 is 1.10 bits per heavy atom. The molecule has 0 fully saturated rings. The van der Waals surface area contributed by atoms with Crippen molar-refractivity contribution in [2.75, 3.05) is 0 Å². The first-order chi connectivity index (χ1) is 9.49. The Morgan fingerprint density at radius 2 is 1.70 bits per heavy atom. The molecule has 104 valence electrons. The van der Waals surface area contributed by atoms with Gasteiger partial charge in [-0.05, 0) is 26.0 Å². The third-order valence-electron chi connectivity index (χ3n) is 3.09. The summed E-state index contributed by atoms with van der Waals surface area (Å²) in [6.07, 6.45) is 0.0612. The number of carbonyl (C=O) groups excluding carboxylic acids is 1. The van der Waals surface area contributed by atoms with Crippen LogP contribution in [-0.4, -0.2) is 17.0 Å². The molecule has 1 aromatic rings. The van der Waals surface area contributed by atoms with Crippen LogP contribution in [0.5, 0.6) is 5.75 Å². The van der Waals surface area contributed by atoms with Crippen LogP contribution in [0.1, 0.15) is 20.3 Å². The van der Waals surface area contributed by atoms with E-state index in [4.69, 9.17) is 9.84 Å². The first-order valence-corrected chi connectivity index (χ1v) is 6.16. The Morgan fingerprint density at radius 3 is 2.30 bits per heavy atom. The Bertz CT molecular complexity index is 614. The average molecular weight is 273 g/mol. The minimum absolute atomic E-state index is 0.0612. The molecule has 0 aliphatic carbocycles. The molecule has 5 nitrogen and oxygen atoms in total. The molecule has 0 atom stereocenters. The molecule has 0 saturated carbocycles. The monoisotopic (exact) mass is 273 g/mol. The van der Waals surface area contributed by atoms with Gasteiger partial charge in [-0.15, -0.1) is 0 Å². The maximum absolute atomic E-state index is 12.1. The van der Waals surface area contributed by atoms with Crippen LogP contribution in [0, 0.1) is 0 Å². The summed E-state index contributed by atoms with van der Waals surface area (Å²) in [5.74, 6) is -1.14. The van der Waals surface area contributed by atoms with Crippen LogP contribution in [0.4, 0.5) is 0 Å². The van der Waals surface area contributed by atoms with Gasteiger partial charge in [-0.25, -0.2) is 9.59 Å². The average Bonchev–Trinajstić information content (AvgIpc) is 2.39. The van der Waals surface area contributed by atoms with E-state index in [1.54, 1.807) is 38.1 Å². The first-order valence-electron chi connectivity index (χ1n) is 6.16. The van der Waals surface area contributed by atoms with Gasteiger partial charge < -0.3 is 15.2 Å². The van der Waals surface area contributed by atoms with Gasteiger partial charge >= 0.3 is 11.9 Å². The van der Waals surface area contributed by atoms with Gasteiger partial charge in [-0.3, -0.25) is 0 Å². The number of allylic oxidation sites excluding steroid dienone is 2. The third kappa shape index (κ3) is 2.88. The van der Waals surface area contributed by atoms with E-state index in [1.807, 2.05) is 6.07 Å². The standard InChI is InChI=1S/C15H15NO4/c1-9-12(14(17)18)8-13(10(2)16-9)15(19)20-11-6-4-3-5-7-11/h3-7,16H,8H2,1-2H3,(H,17,18). The number of rotatable bonds is 3. The van der Waals surface area contributed by atoms with Crippen LogP contribution < -0.4 is 10.1 Å². The molecule has 1 aromatic carbocycles. The molecule has 0 bridgehead atoms. The number of aliphatic carboxylic acids is 1. The van der Waals surface area contributed by atoms with E-state index in [1.165, 1.54) is 0 Å². The van der Waals surface area contributed by atoms with E-state index in [9.17, 15) is 9.59 Å². The second-order valence-corrected chi connectivity index (χ2v) is 4.52. The molecule has 0 aromatic heterocycles. The molecular weight excluding hydrogens is 258 g/mol. The molecule has 0 saturated heterocycles. The normalized spacial score (nSPS) is 14.9. The number of dihydropyridines is 1. The molecule has 2 rings (SSSR count). The summed E-state index contributed by atoms with van der Waals surface area (Å²) < 4.78 is 5.24. The van der Waals surface area contributed by atoms with Crippen molar-refractivity contribution in [1.82, 2.24) is 5.32 Å². The number of hydrogen-bond acceptors (Lipinski definition) is 4. The lowest BCUT2D eigenvalue weighted by atomic mass is 9.98. The van der Waals surface area contributed by atoms with Gasteiger partial charge in [0.2, 0.25) is 0 Å². The Balaban J connectivity index is 2.18. The molecule has 20 heavy (non-hydrogen) atoms. The van der Waals surface area contributed by atoms with Crippen LogP contribution in [-0.2, 0) is 9.59 Å². The zero-order chi connectivity index (χ0) is 14.7. The van der Waals surface area contributed by atoms with Crippen LogP contribution in [0.15, 0.2) is 52.9 Å². The molecular formula is C15H15NO4. The number of esters is 1. The minimum Gasteiger partial charge on any atom is -0.478 e. The molecule has 2 N–H and O–H groups in total. The van der Waals surface area contributed by atoms with Crippen molar-refractivity contribution in [1.29, 1.82) is 0 Å². The van der Waals surface area contributed by atoms with Crippen molar-refractivity contribution in [3.8, 4) is 5.75 Å². The zero-order valence-electron chi connectivity index (χ0n) is 11.3. The van der Waals surface area contributed by atoms with E-state index in [0.717, 1.165) is 0 Å². The molecule has 1 heterocycles. The predicted molar refractivity (Wildman–Crippen MR) is 72.9 cm³/mol. The fraction of sp³-hybridized carbons (Fsp3) is 0.200. The van der Waals surface area contributed by atoms with Crippen molar-refractivity contribution >= 4 is 11.9 Å². The number of benzene rings is 1. The SMILES string of the molecule is CC1=C(C(=O)O)CC(C(=O)Oc2ccccc2)=C(C)N1. The first kappa shape index (κ1) is 13.9. The second kappa shape index (κ2) is 5.61. The molecule has 1 aliphatic rings. The molecule has 1 aliphatic heterocycles. The lowest BCUT2D eigenvalue weighted by molar-refractivity contribution is -0.132. The highest BCUT2D eigenvalue weighted by Crippen LogP contribution is 2.24. The zero-order valence-corrected chi connectivity index (χ0v) is 11.3. The number of carbonyl (C=O) groups is 2. The number of carboxylic acids is 1. The third-order valence-corrected chi connectivity index (χ3v) is 3.09. The topological polar surface area (TPSA) is 75.6 Å². The number of para-hydroxylation sites is 1. The fourth-order valence-electron chi connectivity index (χ4n) is 1.99. The smallest absolute Gasteiger partial charge is 0.341 e. The number of ether oxygens (including phenoxy) is 1. The Kier molecular flexibility index (Phi) is 3.89. The summed E-state index contributed by atoms with van der Waals surface area (Å²) in [6.45, 7) is 3.40. The largest absolute Gasteiger partial charge is 0.478 e. The Labute approximate surface area is 116 Å². The summed E-state index contributed by atoms with van der Waals surface area (Å²) in [5, 5.41) is 12.0. The Hall–Kier alpha value is -2.56. The molecule has 5 heteroatoms. The summed E-state index contributed by atoms with van der Waals surface area (Å²) >= 11 is 0. The van der Waals surface area contributed by atoms with Crippen molar-refractivity contribution in [3.63, 3.8) is 0 Å². The maximum Gasteiger partial charge on any atom is 0.341 e. The van der Waals surface area contributed by atoms with E-state index < -0.39 is 11.9 Å². The summed E-state index contributed by atoms with van der Waals surface area (Å²) in [6, 6.07) is 8.68. The van der Waals surface area contributed by atoms with Gasteiger partial charge in [0.05, 0.1) is 11.1 Å². The van der Waals surface area contributed by atoms with Crippen LogP contribution in [0.3, 0.4) is 0 Å². The van der Waals surface area contributed by atoms with Crippen LogP contribution >= 0.6 is 0 Å². The second-order valence-electron chi connectivity index (χ2n) is 4.52. The highest BCUT2D eigenvalue weighted by atomic mass is 16.5. The van der Waals surface area contributed by atoms with E-state index in [0.29, 0.717) is 22.7 Å². The van der Waals surface area contributed by atoms with Gasteiger partial charge in [0, 0.05) is 17.8 Å². The van der Waals surface area contributed by atoms with E-state index >= 15 is 0 Å². The van der Waals surface area contributed by atoms with Crippen LogP contribution in [0.25, 0.3) is 0 Å². The van der Waals surface area contributed by atoms with Crippen molar-refractivity contribution in [3.05, 3.63) is 52.9 Å². The van der Waals surface area contributed by atoms with Gasteiger partial charge in [0.25, 0.3) is 0 Å². The summed E-state index contributed by atoms with van der Waals surface area (Å²) in [4.78, 5) is 23.2. The van der Waals surface area contributed by atoms with Gasteiger partial charge in [0.15, 0.2) is 0 Å². The quantitative estimate of drug-likeness (QED) is 0.652. The number of carboxylic acid groups (broad SMARTS) is 1. The number of hydrogen-bond donors (Lipinski definition) is 2. The van der Waals surface area contributed by atoms with Crippen LogP contribution in [0.2, 0.25) is 0 Å². The predicted octanol–water partition coefficient (Wildman–Crippen LogP) is 2.22. The van der Waals surface area contributed by atoms with Gasteiger partial charge in [-0.1, -0.05) is 18.2 Å². The highest BCUT2D eigenvalue weighted by molar-refractivity contribution is 5.96. The highest BCUT2D eigenvalue weighted by Gasteiger charge is 2.25. The van der Waals surface area contributed by atoms with Crippen molar-refractivity contribution in [2.24, 2.45) is 0 Å². The fourth-order valence-corrected chi connectivity index (χ4v) is 1.99. The summed E-state index contributed by atoms with van der Waals surface area (Å²) in [5.41, 5.74) is 1.67. The number of nitrogens with one attached hydrogen (secondary N) is 1. The van der Waals surface area contributed by atoms with Gasteiger partial charge in [-0.2, -0.15) is 0 Å². The molecule has 0 unspecified atom stereocenters. The molecule has 0 spiro atoms. The van der Waals surface area contributed by atoms with Crippen molar-refractivity contribution in [2.45, 2.75) is 20.3 Å². The van der Waals surface area contributed by atoms with E-state index in [2.05, 4.69) is 5.32 Å². The lowest BCUT2D eigenvalue weighted by Crippen LogP contribution is -2.26. The molecule has 0 amide bonds. The molecule has 0 radical (unpaired) electrons. The summed E-state index contributed by atoms with van der Waals surface area (Å²) in [7, 11) is 0. The van der Waals surface area contributed by atoms with Gasteiger partial charge in [0.1, 0.15) is 5.75 Å². The minimum atomic E-state index is -1.03.